The van der Waals surface area contributed by atoms with Crippen LogP contribution in [0.25, 0.3) is 0 Å². The zero-order valence-electron chi connectivity index (χ0n) is 7.92. The Hall–Kier alpha value is -0.590. The molecule has 1 nitrogen and oxygen atoms in total. The molecule has 0 heterocycles. The molecule has 0 radical (unpaired) electrons. The topological polar surface area (TPSA) is 17.1 Å². The van der Waals surface area contributed by atoms with E-state index in [0.29, 0.717) is 5.92 Å². The van der Waals surface area contributed by atoms with Crippen molar-refractivity contribution < 1.29 is 4.79 Å². The van der Waals surface area contributed by atoms with Crippen LogP contribution >= 0.6 is 0 Å². The quantitative estimate of drug-likeness (QED) is 0.449. The number of carbonyl (C=O) groups excluding carboxylic acids is 1. The highest BCUT2D eigenvalue weighted by molar-refractivity contribution is 5.59. The van der Waals surface area contributed by atoms with Gasteiger partial charge in [0.15, 0.2) is 0 Å². The fraction of sp³-hybridized carbons (Fsp3) is 0.700. The van der Waals surface area contributed by atoms with Gasteiger partial charge in [0.1, 0.15) is 6.29 Å². The van der Waals surface area contributed by atoms with Gasteiger partial charge in [-0.15, -0.1) is 6.58 Å². The molecule has 0 rings (SSSR count). The second-order valence-electron chi connectivity index (χ2n) is 3.94. The molecule has 0 aromatic heterocycles. The maximum Gasteiger partial charge on any atom is 0.126 e. The molecule has 0 N–H and O–H groups in total. The highest BCUT2D eigenvalue weighted by Gasteiger charge is 2.28. The summed E-state index contributed by atoms with van der Waals surface area (Å²) in [6.45, 7) is 11.9. The normalized spacial score (nSPS) is 14.6. The van der Waals surface area contributed by atoms with E-state index in [2.05, 4.69) is 20.4 Å². The van der Waals surface area contributed by atoms with Crippen molar-refractivity contribution in [2.75, 3.05) is 0 Å². The highest BCUT2D eigenvalue weighted by Crippen LogP contribution is 2.31. The molecule has 0 bridgehead atoms. The van der Waals surface area contributed by atoms with Crippen LogP contribution in [0.2, 0.25) is 0 Å². The van der Waals surface area contributed by atoms with E-state index in [1.54, 1.807) is 0 Å². The van der Waals surface area contributed by atoms with E-state index in [0.717, 1.165) is 6.29 Å². The van der Waals surface area contributed by atoms with Gasteiger partial charge in [0.05, 0.1) is 0 Å². The summed E-state index contributed by atoms with van der Waals surface area (Å²) >= 11 is 0. The Morgan fingerprint density at radius 3 is 1.91 bits per heavy atom. The van der Waals surface area contributed by atoms with Crippen LogP contribution in [0, 0.1) is 17.3 Å². The van der Waals surface area contributed by atoms with Crippen LogP contribution in [0.4, 0.5) is 0 Å². The first-order chi connectivity index (χ1) is 4.95. The maximum absolute atomic E-state index is 10.7. The summed E-state index contributed by atoms with van der Waals surface area (Å²) in [7, 11) is 0. The highest BCUT2D eigenvalue weighted by atomic mass is 16.1. The van der Waals surface area contributed by atoms with E-state index in [-0.39, 0.29) is 11.3 Å². The molecular weight excluding hydrogens is 136 g/mol. The van der Waals surface area contributed by atoms with Crippen LogP contribution in [0.15, 0.2) is 12.7 Å². The van der Waals surface area contributed by atoms with Gasteiger partial charge >= 0.3 is 0 Å². The Balaban J connectivity index is 4.48. The largest absolute Gasteiger partial charge is 0.303 e. The summed E-state index contributed by atoms with van der Waals surface area (Å²) in [4.78, 5) is 10.7. The lowest BCUT2D eigenvalue weighted by Gasteiger charge is -2.29. The monoisotopic (exact) mass is 154 g/mol. The first-order valence-corrected chi connectivity index (χ1v) is 4.04. The van der Waals surface area contributed by atoms with Crippen LogP contribution in [-0.4, -0.2) is 6.29 Å². The van der Waals surface area contributed by atoms with Gasteiger partial charge < -0.3 is 4.79 Å². The summed E-state index contributed by atoms with van der Waals surface area (Å²) < 4.78 is 0. The van der Waals surface area contributed by atoms with Crippen LogP contribution in [-0.2, 0) is 4.79 Å². The lowest BCUT2D eigenvalue weighted by atomic mass is 9.74. The van der Waals surface area contributed by atoms with Gasteiger partial charge in [-0.3, -0.25) is 0 Å². The van der Waals surface area contributed by atoms with Crippen molar-refractivity contribution >= 4 is 6.29 Å². The molecule has 64 valence electrons. The van der Waals surface area contributed by atoms with Gasteiger partial charge in [0.2, 0.25) is 0 Å². The van der Waals surface area contributed by atoms with E-state index in [1.165, 1.54) is 0 Å². The van der Waals surface area contributed by atoms with E-state index < -0.39 is 0 Å². The molecule has 11 heavy (non-hydrogen) atoms. The second-order valence-corrected chi connectivity index (χ2v) is 3.94. The Morgan fingerprint density at radius 2 is 1.82 bits per heavy atom. The Kier molecular flexibility index (Phi) is 3.50. The minimum absolute atomic E-state index is 0.268. The van der Waals surface area contributed by atoms with Gasteiger partial charge in [-0.2, -0.15) is 0 Å². The summed E-state index contributed by atoms with van der Waals surface area (Å²) in [5, 5.41) is 0. The third kappa shape index (κ3) is 2.49. The molecular formula is C10H18O. The molecule has 0 aliphatic heterocycles. The van der Waals surface area contributed by atoms with Gasteiger partial charge in [-0.05, 0) is 11.8 Å². The summed E-state index contributed by atoms with van der Waals surface area (Å²) in [6.07, 6.45) is 2.89. The molecule has 0 fully saturated rings. The van der Waals surface area contributed by atoms with Crippen LogP contribution in [0.5, 0.6) is 0 Å². The van der Waals surface area contributed by atoms with Crippen molar-refractivity contribution in [2.24, 2.45) is 17.3 Å². The van der Waals surface area contributed by atoms with Gasteiger partial charge in [0, 0.05) is 5.41 Å². The van der Waals surface area contributed by atoms with Crippen LogP contribution < -0.4 is 0 Å². The van der Waals surface area contributed by atoms with E-state index >= 15 is 0 Å². The number of rotatable bonds is 4. The van der Waals surface area contributed by atoms with Crippen LogP contribution in [0.3, 0.4) is 0 Å². The molecule has 0 aliphatic rings. The lowest BCUT2D eigenvalue weighted by Crippen LogP contribution is -2.27. The van der Waals surface area contributed by atoms with Gasteiger partial charge in [-0.1, -0.05) is 33.8 Å². The lowest BCUT2D eigenvalue weighted by molar-refractivity contribution is -0.117. The number of hydrogen-bond donors (Lipinski definition) is 0. The van der Waals surface area contributed by atoms with Crippen molar-refractivity contribution in [1.29, 1.82) is 0 Å². The maximum atomic E-state index is 10.7. The average molecular weight is 154 g/mol. The smallest absolute Gasteiger partial charge is 0.126 e. The second kappa shape index (κ2) is 3.70. The first-order valence-electron chi connectivity index (χ1n) is 4.04. The number of hydrogen-bond acceptors (Lipinski definition) is 1. The molecule has 0 unspecified atom stereocenters. The van der Waals surface area contributed by atoms with E-state index in [4.69, 9.17) is 0 Å². The van der Waals surface area contributed by atoms with Crippen molar-refractivity contribution in [1.82, 2.24) is 0 Å². The zero-order chi connectivity index (χ0) is 9.07. The predicted octanol–water partition coefficient (Wildman–Crippen LogP) is 2.67. The number of aldehydes is 1. The van der Waals surface area contributed by atoms with Gasteiger partial charge in [-0.25, -0.2) is 0 Å². The molecule has 0 aromatic carbocycles. The van der Waals surface area contributed by atoms with Gasteiger partial charge in [0.25, 0.3) is 0 Å². The van der Waals surface area contributed by atoms with Crippen molar-refractivity contribution in [3.05, 3.63) is 12.7 Å². The standard InChI is InChI=1S/C10H18O/c1-6-9(8(2)3)10(4,5)7-11/h6-9H,1H2,2-5H3/t9-/m0/s1. The first kappa shape index (κ1) is 10.4. The number of allylic oxidation sites excluding steroid dienone is 1. The van der Waals surface area contributed by atoms with Crippen molar-refractivity contribution in [3.8, 4) is 0 Å². The molecule has 0 spiro atoms. The Bertz CT molecular complexity index is 145. The summed E-state index contributed by atoms with van der Waals surface area (Å²) in [5.41, 5.74) is -0.268. The third-order valence-corrected chi connectivity index (χ3v) is 2.14. The Labute approximate surface area is 69.5 Å². The molecule has 0 aromatic rings. The third-order valence-electron chi connectivity index (χ3n) is 2.14. The molecule has 1 heteroatoms. The fourth-order valence-corrected chi connectivity index (χ4v) is 1.51. The van der Waals surface area contributed by atoms with Crippen molar-refractivity contribution in [3.63, 3.8) is 0 Å². The molecule has 1 atom stereocenters. The molecule has 0 saturated heterocycles. The fourth-order valence-electron chi connectivity index (χ4n) is 1.51. The summed E-state index contributed by atoms with van der Waals surface area (Å²) in [6, 6.07) is 0. The number of carbonyl (C=O) groups is 1. The minimum Gasteiger partial charge on any atom is -0.303 e. The SMILES string of the molecule is C=C[C@@H](C(C)C)C(C)(C)C=O. The van der Waals surface area contributed by atoms with E-state index in [1.807, 2.05) is 19.9 Å². The zero-order valence-corrected chi connectivity index (χ0v) is 7.92. The minimum atomic E-state index is -0.268. The molecule has 0 amide bonds. The summed E-state index contributed by atoms with van der Waals surface area (Å²) in [5.74, 6) is 0.757. The average Bonchev–Trinajstić information content (AvgIpc) is 1.88. The Morgan fingerprint density at radius 1 is 1.36 bits per heavy atom. The predicted molar refractivity (Wildman–Crippen MR) is 48.4 cm³/mol. The molecule has 0 saturated carbocycles. The molecule has 0 aliphatic carbocycles. The van der Waals surface area contributed by atoms with E-state index in [9.17, 15) is 4.79 Å². The van der Waals surface area contributed by atoms with Crippen LogP contribution in [0.1, 0.15) is 27.7 Å². The van der Waals surface area contributed by atoms with Crippen molar-refractivity contribution in [2.45, 2.75) is 27.7 Å².